The van der Waals surface area contributed by atoms with Gasteiger partial charge in [0.2, 0.25) is 5.91 Å². The van der Waals surface area contributed by atoms with Crippen molar-refractivity contribution in [3.05, 3.63) is 52.4 Å². The second-order valence-corrected chi connectivity index (χ2v) is 6.36. The number of hydrogen-bond acceptors (Lipinski definition) is 4. The smallest absolute Gasteiger partial charge is 0.325 e. The molecule has 0 unspecified atom stereocenters. The number of benzene rings is 1. The second kappa shape index (κ2) is 6.42. The van der Waals surface area contributed by atoms with E-state index < -0.39 is 29.9 Å². The molecule has 7 nitrogen and oxygen atoms in total. The molecule has 1 aromatic heterocycles. The molecular weight excluding hydrogens is 369 g/mol. The molecule has 0 aliphatic carbocycles. The van der Waals surface area contributed by atoms with Crippen molar-refractivity contribution in [2.45, 2.75) is 12.5 Å². The summed E-state index contributed by atoms with van der Waals surface area (Å²) in [5.74, 6) is -0.886. The Morgan fingerprint density at radius 1 is 1.28 bits per heavy atom. The van der Waals surface area contributed by atoms with Crippen LogP contribution < -0.4 is 10.6 Å². The molecular formula is C16H13Cl2N3O4. The molecule has 1 atom stereocenters. The molecule has 2 heterocycles. The Kier molecular flexibility index (Phi) is 4.45. The number of imide groups is 1. The van der Waals surface area contributed by atoms with Gasteiger partial charge in [0, 0.05) is 0 Å². The van der Waals surface area contributed by atoms with Gasteiger partial charge >= 0.3 is 6.03 Å². The molecule has 1 aromatic carbocycles. The molecule has 1 aliphatic rings. The summed E-state index contributed by atoms with van der Waals surface area (Å²) >= 11 is 11.9. The average molecular weight is 382 g/mol. The molecule has 130 valence electrons. The fourth-order valence-corrected chi connectivity index (χ4v) is 2.85. The van der Waals surface area contributed by atoms with E-state index in [0.29, 0.717) is 5.69 Å². The van der Waals surface area contributed by atoms with Crippen molar-refractivity contribution in [3.8, 4) is 0 Å². The lowest BCUT2D eigenvalue weighted by molar-refractivity contribution is -0.134. The maximum atomic E-state index is 12.6. The van der Waals surface area contributed by atoms with Crippen LogP contribution in [0.1, 0.15) is 12.7 Å². The molecule has 1 aliphatic heterocycles. The van der Waals surface area contributed by atoms with Crippen LogP contribution in [0.3, 0.4) is 0 Å². The summed E-state index contributed by atoms with van der Waals surface area (Å²) in [6.45, 7) is 1.04. The van der Waals surface area contributed by atoms with E-state index in [9.17, 15) is 14.4 Å². The van der Waals surface area contributed by atoms with Crippen LogP contribution in [0.25, 0.3) is 0 Å². The molecule has 9 heteroatoms. The molecule has 3 rings (SSSR count). The maximum absolute atomic E-state index is 12.6. The van der Waals surface area contributed by atoms with Gasteiger partial charge in [0.05, 0.1) is 22.0 Å². The van der Waals surface area contributed by atoms with Crippen molar-refractivity contribution in [2.24, 2.45) is 0 Å². The van der Waals surface area contributed by atoms with Gasteiger partial charge in [0.15, 0.2) is 5.54 Å². The number of nitrogens with one attached hydrogen (secondary N) is 2. The Bertz CT molecular complexity index is 853. The summed E-state index contributed by atoms with van der Waals surface area (Å²) in [5.41, 5.74) is -1.06. The lowest BCUT2D eigenvalue weighted by atomic mass is 9.99. The van der Waals surface area contributed by atoms with Crippen molar-refractivity contribution in [1.29, 1.82) is 0 Å². The minimum atomic E-state index is -1.35. The van der Waals surface area contributed by atoms with Gasteiger partial charge in [-0.3, -0.25) is 14.5 Å². The summed E-state index contributed by atoms with van der Waals surface area (Å²) in [6, 6.07) is 7.25. The minimum Gasteiger partial charge on any atom is -0.466 e. The molecule has 0 bridgehead atoms. The van der Waals surface area contributed by atoms with Crippen LogP contribution in [-0.4, -0.2) is 29.3 Å². The highest BCUT2D eigenvalue weighted by molar-refractivity contribution is 6.44. The van der Waals surface area contributed by atoms with Crippen LogP contribution in [0, 0.1) is 0 Å². The largest absolute Gasteiger partial charge is 0.466 e. The first-order valence-electron chi connectivity index (χ1n) is 7.25. The van der Waals surface area contributed by atoms with Crippen LogP contribution in [0.4, 0.5) is 10.5 Å². The van der Waals surface area contributed by atoms with Gasteiger partial charge in [-0.1, -0.05) is 29.3 Å². The Labute approximate surface area is 152 Å². The first-order chi connectivity index (χ1) is 11.8. The van der Waals surface area contributed by atoms with E-state index in [4.69, 9.17) is 27.6 Å². The summed E-state index contributed by atoms with van der Waals surface area (Å²) in [6.07, 6.45) is 1.40. The number of urea groups is 1. The molecule has 2 N–H and O–H groups in total. The van der Waals surface area contributed by atoms with Crippen LogP contribution >= 0.6 is 23.2 Å². The highest BCUT2D eigenvalue weighted by atomic mass is 35.5. The van der Waals surface area contributed by atoms with Crippen LogP contribution in [-0.2, 0) is 15.1 Å². The third-order valence-corrected chi connectivity index (χ3v) is 4.64. The number of anilines is 1. The molecule has 0 spiro atoms. The standard InChI is InChI=1S/C16H13Cl2N3O4/c1-16(11-6-3-7-25-11)14(23)21(15(24)20-16)8-12(22)19-10-5-2-4-9(17)13(10)18/h2-7H,8H2,1H3,(H,19,22)(H,20,24)/t16-/m0/s1. The highest BCUT2D eigenvalue weighted by Gasteiger charge is 2.51. The zero-order valence-corrected chi connectivity index (χ0v) is 14.5. The molecule has 0 radical (unpaired) electrons. The van der Waals surface area contributed by atoms with E-state index in [2.05, 4.69) is 10.6 Å². The number of nitrogens with zero attached hydrogens (tertiary/aromatic N) is 1. The van der Waals surface area contributed by atoms with Gasteiger partial charge in [0.1, 0.15) is 12.3 Å². The second-order valence-electron chi connectivity index (χ2n) is 5.57. The number of rotatable bonds is 4. The Morgan fingerprint density at radius 3 is 2.72 bits per heavy atom. The van der Waals surface area contributed by atoms with Crippen molar-refractivity contribution in [3.63, 3.8) is 0 Å². The fourth-order valence-electron chi connectivity index (χ4n) is 2.50. The SMILES string of the molecule is C[C@@]1(c2ccco2)NC(=O)N(CC(=O)Nc2cccc(Cl)c2Cl)C1=O. The molecule has 0 saturated carbocycles. The van der Waals surface area contributed by atoms with Crippen LogP contribution in [0.15, 0.2) is 41.0 Å². The maximum Gasteiger partial charge on any atom is 0.325 e. The molecule has 1 saturated heterocycles. The van der Waals surface area contributed by atoms with E-state index in [0.717, 1.165) is 4.90 Å². The van der Waals surface area contributed by atoms with E-state index in [1.165, 1.54) is 13.2 Å². The summed E-state index contributed by atoms with van der Waals surface area (Å²) < 4.78 is 5.22. The predicted molar refractivity (Wildman–Crippen MR) is 91.4 cm³/mol. The quantitative estimate of drug-likeness (QED) is 0.796. The normalized spacial score (nSPS) is 19.9. The third kappa shape index (κ3) is 3.08. The van der Waals surface area contributed by atoms with Gasteiger partial charge in [-0.2, -0.15) is 0 Å². The van der Waals surface area contributed by atoms with Gasteiger partial charge < -0.3 is 15.1 Å². The molecule has 25 heavy (non-hydrogen) atoms. The first kappa shape index (κ1) is 17.3. The number of furan rings is 1. The highest BCUT2D eigenvalue weighted by Crippen LogP contribution is 2.31. The van der Waals surface area contributed by atoms with E-state index >= 15 is 0 Å². The summed E-state index contributed by atoms with van der Waals surface area (Å²) in [5, 5.41) is 5.52. The number of hydrogen-bond donors (Lipinski definition) is 2. The van der Waals surface area contributed by atoms with Crippen LogP contribution in [0.2, 0.25) is 10.0 Å². The summed E-state index contributed by atoms with van der Waals surface area (Å²) in [7, 11) is 0. The molecule has 1 fully saturated rings. The number of carbonyl (C=O) groups is 3. The van der Waals surface area contributed by atoms with E-state index in [-0.39, 0.29) is 15.8 Å². The van der Waals surface area contributed by atoms with Gasteiger partial charge in [-0.15, -0.1) is 0 Å². The lowest BCUT2D eigenvalue weighted by Crippen LogP contribution is -2.41. The average Bonchev–Trinajstić information content (AvgIpc) is 3.17. The zero-order valence-electron chi connectivity index (χ0n) is 13.0. The Morgan fingerprint density at radius 2 is 2.04 bits per heavy atom. The fraction of sp³-hybridized carbons (Fsp3) is 0.188. The predicted octanol–water partition coefficient (Wildman–Crippen LogP) is 2.99. The molecule has 2 aromatic rings. The van der Waals surface area contributed by atoms with Gasteiger partial charge in [0.25, 0.3) is 5.91 Å². The van der Waals surface area contributed by atoms with E-state index in [1.807, 2.05) is 0 Å². The van der Waals surface area contributed by atoms with Crippen molar-refractivity contribution < 1.29 is 18.8 Å². The van der Waals surface area contributed by atoms with Crippen molar-refractivity contribution >= 4 is 46.7 Å². The Hall–Kier alpha value is -2.51. The van der Waals surface area contributed by atoms with E-state index in [1.54, 1.807) is 30.3 Å². The number of amides is 4. The zero-order chi connectivity index (χ0) is 18.2. The number of carbonyl (C=O) groups excluding carboxylic acids is 3. The van der Waals surface area contributed by atoms with Crippen molar-refractivity contribution in [1.82, 2.24) is 10.2 Å². The van der Waals surface area contributed by atoms with Gasteiger partial charge in [-0.05, 0) is 31.2 Å². The monoisotopic (exact) mass is 381 g/mol. The lowest BCUT2D eigenvalue weighted by Gasteiger charge is -2.19. The minimum absolute atomic E-state index is 0.176. The van der Waals surface area contributed by atoms with Crippen molar-refractivity contribution in [2.75, 3.05) is 11.9 Å². The van der Waals surface area contributed by atoms with Crippen LogP contribution in [0.5, 0.6) is 0 Å². The summed E-state index contributed by atoms with van der Waals surface area (Å²) in [4.78, 5) is 37.8. The number of halogens is 2. The Balaban J connectivity index is 1.74. The van der Waals surface area contributed by atoms with Gasteiger partial charge in [-0.25, -0.2) is 4.79 Å². The topological polar surface area (TPSA) is 91.7 Å². The molecule has 4 amide bonds. The third-order valence-electron chi connectivity index (χ3n) is 3.82. The first-order valence-corrected chi connectivity index (χ1v) is 8.00.